The van der Waals surface area contributed by atoms with Crippen molar-refractivity contribution in [3.05, 3.63) is 60.1 Å². The van der Waals surface area contributed by atoms with Crippen molar-refractivity contribution in [2.24, 2.45) is 4.99 Å². The van der Waals surface area contributed by atoms with Crippen LogP contribution in [0.3, 0.4) is 0 Å². The number of carbonyl (C=O) groups is 1. The molecule has 2 heterocycles. The van der Waals surface area contributed by atoms with Crippen LogP contribution in [-0.2, 0) is 11.2 Å². The van der Waals surface area contributed by atoms with Crippen molar-refractivity contribution in [3.8, 4) is 0 Å². The van der Waals surface area contributed by atoms with Crippen molar-refractivity contribution >= 4 is 35.8 Å². The summed E-state index contributed by atoms with van der Waals surface area (Å²) in [6.07, 6.45) is 3.36. The molecule has 170 valence electrons. The Labute approximate surface area is 201 Å². The lowest BCUT2D eigenvalue weighted by Crippen LogP contribution is -2.53. The summed E-state index contributed by atoms with van der Waals surface area (Å²) >= 11 is 0. The second-order valence-electron chi connectivity index (χ2n) is 7.19. The SMILES string of the molecule is CCNC(=NCCCOCCc1ccccc1)N1CCN(C(=O)c2ccco2)CC1.I. The third-order valence-electron chi connectivity index (χ3n) is 5.02. The topological polar surface area (TPSA) is 70.3 Å². The number of nitrogens with one attached hydrogen (secondary N) is 1. The van der Waals surface area contributed by atoms with E-state index in [9.17, 15) is 4.79 Å². The van der Waals surface area contributed by atoms with Gasteiger partial charge in [-0.3, -0.25) is 9.79 Å². The monoisotopic (exact) mass is 540 g/mol. The minimum absolute atomic E-state index is 0. The lowest BCUT2D eigenvalue weighted by molar-refractivity contribution is 0.0657. The molecule has 1 aromatic heterocycles. The second-order valence-corrected chi connectivity index (χ2v) is 7.19. The third-order valence-corrected chi connectivity index (χ3v) is 5.02. The van der Waals surface area contributed by atoms with Crippen LogP contribution in [0.25, 0.3) is 0 Å². The van der Waals surface area contributed by atoms with Gasteiger partial charge >= 0.3 is 0 Å². The van der Waals surface area contributed by atoms with Crippen LogP contribution in [0.5, 0.6) is 0 Å². The number of aliphatic imine (C=N–C) groups is 1. The number of guanidine groups is 1. The summed E-state index contributed by atoms with van der Waals surface area (Å²) in [5.74, 6) is 1.26. The van der Waals surface area contributed by atoms with Gasteiger partial charge in [0, 0.05) is 45.9 Å². The minimum Gasteiger partial charge on any atom is -0.459 e. The number of nitrogens with zero attached hydrogens (tertiary/aromatic N) is 3. The molecular weight excluding hydrogens is 507 g/mol. The van der Waals surface area contributed by atoms with Gasteiger partial charge in [0.1, 0.15) is 0 Å². The van der Waals surface area contributed by atoms with Crippen LogP contribution in [0.1, 0.15) is 29.5 Å². The van der Waals surface area contributed by atoms with E-state index in [1.54, 1.807) is 12.1 Å². The first-order valence-corrected chi connectivity index (χ1v) is 10.8. The van der Waals surface area contributed by atoms with Gasteiger partial charge in [0.25, 0.3) is 5.91 Å². The van der Waals surface area contributed by atoms with Gasteiger partial charge in [0.2, 0.25) is 0 Å². The van der Waals surface area contributed by atoms with Crippen LogP contribution in [0.15, 0.2) is 58.1 Å². The summed E-state index contributed by atoms with van der Waals surface area (Å²) in [4.78, 5) is 21.2. The minimum atomic E-state index is -0.0470. The number of amides is 1. The first kappa shape index (κ1) is 25.2. The predicted molar refractivity (Wildman–Crippen MR) is 133 cm³/mol. The maximum absolute atomic E-state index is 12.4. The van der Waals surface area contributed by atoms with Gasteiger partial charge in [-0.15, -0.1) is 24.0 Å². The molecule has 2 aromatic rings. The molecule has 1 saturated heterocycles. The van der Waals surface area contributed by atoms with Gasteiger partial charge in [-0.25, -0.2) is 0 Å². The third kappa shape index (κ3) is 8.17. The zero-order valence-electron chi connectivity index (χ0n) is 18.2. The van der Waals surface area contributed by atoms with Gasteiger partial charge in [-0.1, -0.05) is 30.3 Å². The largest absolute Gasteiger partial charge is 0.459 e. The van der Waals surface area contributed by atoms with Crippen LogP contribution < -0.4 is 5.32 Å². The summed E-state index contributed by atoms with van der Waals surface area (Å²) < 4.78 is 11.0. The Morgan fingerprint density at radius 2 is 1.81 bits per heavy atom. The van der Waals surface area contributed by atoms with Crippen molar-refractivity contribution in [1.82, 2.24) is 15.1 Å². The van der Waals surface area contributed by atoms with Crippen LogP contribution >= 0.6 is 24.0 Å². The smallest absolute Gasteiger partial charge is 0.289 e. The van der Waals surface area contributed by atoms with E-state index >= 15 is 0 Å². The molecule has 1 amide bonds. The van der Waals surface area contributed by atoms with E-state index in [0.717, 1.165) is 51.6 Å². The highest BCUT2D eigenvalue weighted by Gasteiger charge is 2.25. The molecule has 1 aromatic carbocycles. The highest BCUT2D eigenvalue weighted by atomic mass is 127. The molecule has 3 rings (SSSR count). The summed E-state index contributed by atoms with van der Waals surface area (Å²) in [5, 5.41) is 3.36. The molecule has 8 heteroatoms. The van der Waals surface area contributed by atoms with Crippen molar-refractivity contribution in [2.45, 2.75) is 19.8 Å². The molecule has 7 nitrogen and oxygen atoms in total. The van der Waals surface area contributed by atoms with E-state index in [2.05, 4.69) is 41.4 Å². The fourth-order valence-corrected chi connectivity index (χ4v) is 3.39. The van der Waals surface area contributed by atoms with Gasteiger partial charge in [0.05, 0.1) is 12.9 Å². The molecule has 0 saturated carbocycles. The number of hydrogen-bond acceptors (Lipinski definition) is 4. The zero-order valence-corrected chi connectivity index (χ0v) is 20.5. The van der Waals surface area contributed by atoms with Gasteiger partial charge in [-0.2, -0.15) is 0 Å². The van der Waals surface area contributed by atoms with E-state index < -0.39 is 0 Å². The normalized spacial score (nSPS) is 14.3. The molecule has 0 aliphatic carbocycles. The average Bonchev–Trinajstić information content (AvgIpc) is 3.33. The van der Waals surface area contributed by atoms with Crippen LogP contribution in [0, 0.1) is 0 Å². The van der Waals surface area contributed by atoms with Gasteiger partial charge in [-0.05, 0) is 37.5 Å². The summed E-state index contributed by atoms with van der Waals surface area (Å²) in [6.45, 7) is 7.88. The number of rotatable bonds is 9. The molecule has 1 aliphatic rings. The first-order chi connectivity index (χ1) is 14.8. The molecule has 0 radical (unpaired) electrons. The number of benzene rings is 1. The van der Waals surface area contributed by atoms with Crippen LogP contribution in [-0.4, -0.2) is 74.1 Å². The molecule has 0 bridgehead atoms. The summed E-state index contributed by atoms with van der Waals surface area (Å²) in [5.41, 5.74) is 1.30. The molecule has 0 unspecified atom stereocenters. The Bertz CT molecular complexity index is 775. The van der Waals surface area contributed by atoms with Crippen LogP contribution in [0.4, 0.5) is 0 Å². The maximum Gasteiger partial charge on any atom is 0.289 e. The fourth-order valence-electron chi connectivity index (χ4n) is 3.39. The fraction of sp³-hybridized carbons (Fsp3) is 0.478. The van der Waals surface area contributed by atoms with Crippen molar-refractivity contribution < 1.29 is 13.9 Å². The Morgan fingerprint density at radius 3 is 2.48 bits per heavy atom. The molecule has 1 fully saturated rings. The number of hydrogen-bond donors (Lipinski definition) is 1. The first-order valence-electron chi connectivity index (χ1n) is 10.8. The maximum atomic E-state index is 12.4. The number of piperazine rings is 1. The zero-order chi connectivity index (χ0) is 21.0. The van der Waals surface area contributed by atoms with Crippen molar-refractivity contribution in [3.63, 3.8) is 0 Å². The van der Waals surface area contributed by atoms with E-state index in [-0.39, 0.29) is 29.9 Å². The van der Waals surface area contributed by atoms with Crippen molar-refractivity contribution in [2.75, 3.05) is 52.5 Å². The lowest BCUT2D eigenvalue weighted by Gasteiger charge is -2.36. The van der Waals surface area contributed by atoms with Crippen molar-refractivity contribution in [1.29, 1.82) is 0 Å². The Morgan fingerprint density at radius 1 is 1.06 bits per heavy atom. The Balaban J connectivity index is 0.00000341. The number of furan rings is 1. The molecule has 0 atom stereocenters. The van der Waals surface area contributed by atoms with E-state index in [1.807, 2.05) is 11.0 Å². The van der Waals surface area contributed by atoms with Crippen LogP contribution in [0.2, 0.25) is 0 Å². The summed E-state index contributed by atoms with van der Waals surface area (Å²) in [7, 11) is 0. The van der Waals surface area contributed by atoms with E-state index in [1.165, 1.54) is 11.8 Å². The second kappa shape index (κ2) is 14.1. The number of halogens is 1. The molecule has 0 spiro atoms. The van der Waals surface area contributed by atoms with Gasteiger partial charge in [0.15, 0.2) is 11.7 Å². The number of carbonyl (C=O) groups excluding carboxylic acids is 1. The molecule has 31 heavy (non-hydrogen) atoms. The highest BCUT2D eigenvalue weighted by Crippen LogP contribution is 2.09. The van der Waals surface area contributed by atoms with E-state index in [4.69, 9.17) is 14.1 Å². The Kier molecular flexibility index (Phi) is 11.4. The summed E-state index contributed by atoms with van der Waals surface area (Å²) in [6, 6.07) is 13.8. The average molecular weight is 540 g/mol. The highest BCUT2D eigenvalue weighted by molar-refractivity contribution is 14.0. The van der Waals surface area contributed by atoms with Gasteiger partial charge < -0.3 is 24.3 Å². The molecule has 1 N–H and O–H groups in total. The molecule has 1 aliphatic heterocycles. The Hall–Kier alpha value is -2.07. The number of ether oxygens (including phenoxy) is 1. The quantitative estimate of drug-likeness (QED) is 0.229. The molecular formula is C23H33IN4O3. The van der Waals surface area contributed by atoms with E-state index in [0.29, 0.717) is 25.5 Å². The lowest BCUT2D eigenvalue weighted by atomic mass is 10.2. The predicted octanol–water partition coefficient (Wildman–Crippen LogP) is 3.27. The standard InChI is InChI=1S/C23H32N4O3.HI/c1-2-24-23(25-12-7-17-29-19-11-20-8-4-3-5-9-20)27-15-13-26(14-16-27)22(28)21-10-6-18-30-21;/h3-6,8-10,18H,2,7,11-17,19H2,1H3,(H,24,25);1H.